The van der Waals surface area contributed by atoms with Crippen LogP contribution in [0.15, 0.2) is 18.2 Å². The number of benzene rings is 1. The number of aliphatic hydroxyl groups is 1. The minimum absolute atomic E-state index is 0.225. The lowest BCUT2D eigenvalue weighted by Gasteiger charge is -2.29. The largest absolute Gasteiger partial charge is 0.382 e. The molecule has 0 amide bonds. The summed E-state index contributed by atoms with van der Waals surface area (Å²) in [5.74, 6) is 0.225. The Morgan fingerprint density at radius 1 is 1.44 bits per heavy atom. The van der Waals surface area contributed by atoms with Crippen LogP contribution in [0.25, 0.3) is 0 Å². The van der Waals surface area contributed by atoms with Gasteiger partial charge in [0, 0.05) is 12.7 Å². The molecule has 1 atom stereocenters. The normalized spacial score (nSPS) is 19.5. The monoisotopic (exact) mass is 260 g/mol. The summed E-state index contributed by atoms with van der Waals surface area (Å²) in [5, 5.41) is 11.6. The fourth-order valence-electron chi connectivity index (χ4n) is 2.03. The highest BCUT2D eigenvalue weighted by Gasteiger charge is 2.46. The van der Waals surface area contributed by atoms with Crippen LogP contribution >= 0.6 is 23.2 Å². The van der Waals surface area contributed by atoms with Crippen LogP contribution in [0.2, 0.25) is 10.0 Å². The SMILES string of the molecule is COCC(O)(c1cccc(Cl)c1Cl)C1CC1. The molecule has 4 heteroatoms. The standard InChI is InChI=1S/C12H14Cl2O2/c1-16-7-12(15,8-5-6-8)9-3-2-4-10(13)11(9)14/h2-4,8,15H,5-7H2,1H3. The molecule has 0 saturated heterocycles. The van der Waals surface area contributed by atoms with E-state index < -0.39 is 5.60 Å². The van der Waals surface area contributed by atoms with Gasteiger partial charge in [0.2, 0.25) is 0 Å². The van der Waals surface area contributed by atoms with E-state index >= 15 is 0 Å². The van der Waals surface area contributed by atoms with Gasteiger partial charge in [-0.05, 0) is 24.8 Å². The first-order valence-corrected chi connectivity index (χ1v) is 6.01. The maximum Gasteiger partial charge on any atom is 0.117 e. The van der Waals surface area contributed by atoms with Crippen LogP contribution in [-0.2, 0) is 10.3 Å². The van der Waals surface area contributed by atoms with E-state index in [9.17, 15) is 5.11 Å². The molecule has 0 bridgehead atoms. The number of hydrogen-bond acceptors (Lipinski definition) is 2. The van der Waals surface area contributed by atoms with Gasteiger partial charge in [0.05, 0.1) is 16.7 Å². The Morgan fingerprint density at radius 2 is 2.12 bits per heavy atom. The Kier molecular flexibility index (Phi) is 3.45. The molecule has 0 aromatic heterocycles. The van der Waals surface area contributed by atoms with E-state index in [0.717, 1.165) is 12.8 Å². The Balaban J connectivity index is 2.42. The number of rotatable bonds is 4. The Hall–Kier alpha value is -0.280. The topological polar surface area (TPSA) is 29.5 Å². The van der Waals surface area contributed by atoms with Crippen LogP contribution < -0.4 is 0 Å². The van der Waals surface area contributed by atoms with Crippen LogP contribution in [0.4, 0.5) is 0 Å². The summed E-state index contributed by atoms with van der Waals surface area (Å²) in [5.41, 5.74) is -0.331. The molecule has 0 heterocycles. The quantitative estimate of drug-likeness (QED) is 0.901. The molecule has 1 aromatic rings. The molecule has 2 rings (SSSR count). The molecular weight excluding hydrogens is 247 g/mol. The second-order valence-corrected chi connectivity index (χ2v) is 5.02. The maximum absolute atomic E-state index is 10.7. The molecule has 2 nitrogen and oxygen atoms in total. The van der Waals surface area contributed by atoms with Crippen molar-refractivity contribution in [3.8, 4) is 0 Å². The maximum atomic E-state index is 10.7. The molecule has 16 heavy (non-hydrogen) atoms. The summed E-state index contributed by atoms with van der Waals surface area (Å²) >= 11 is 12.1. The third-order valence-corrected chi connectivity index (χ3v) is 3.85. The van der Waals surface area contributed by atoms with Crippen molar-refractivity contribution in [1.82, 2.24) is 0 Å². The van der Waals surface area contributed by atoms with Crippen LogP contribution in [0.3, 0.4) is 0 Å². The van der Waals surface area contributed by atoms with Gasteiger partial charge < -0.3 is 9.84 Å². The number of methoxy groups -OCH3 is 1. The predicted octanol–water partition coefficient (Wildman–Crippen LogP) is 3.24. The lowest BCUT2D eigenvalue weighted by Crippen LogP contribution is -2.34. The van der Waals surface area contributed by atoms with Gasteiger partial charge in [-0.25, -0.2) is 0 Å². The highest BCUT2D eigenvalue weighted by Crippen LogP contribution is 2.48. The minimum Gasteiger partial charge on any atom is -0.382 e. The van der Waals surface area contributed by atoms with Gasteiger partial charge in [0.15, 0.2) is 0 Å². The molecule has 1 N–H and O–H groups in total. The Labute approximate surface area is 105 Å². The van der Waals surface area contributed by atoms with Gasteiger partial charge in [-0.1, -0.05) is 35.3 Å². The summed E-state index contributed by atoms with van der Waals surface area (Å²) in [6.07, 6.45) is 2.01. The summed E-state index contributed by atoms with van der Waals surface area (Å²) in [6.45, 7) is 0.248. The first kappa shape index (κ1) is 12.2. The summed E-state index contributed by atoms with van der Waals surface area (Å²) < 4.78 is 5.11. The van der Waals surface area contributed by atoms with E-state index in [1.165, 1.54) is 0 Å². The second kappa shape index (κ2) is 4.53. The zero-order chi connectivity index (χ0) is 11.8. The van der Waals surface area contributed by atoms with E-state index in [1.807, 2.05) is 6.07 Å². The summed E-state index contributed by atoms with van der Waals surface area (Å²) in [7, 11) is 1.58. The highest BCUT2D eigenvalue weighted by molar-refractivity contribution is 6.42. The van der Waals surface area contributed by atoms with Gasteiger partial charge in [0.1, 0.15) is 5.60 Å². The molecule has 1 saturated carbocycles. The fraction of sp³-hybridized carbons (Fsp3) is 0.500. The molecule has 88 valence electrons. The molecule has 0 spiro atoms. The average molecular weight is 261 g/mol. The average Bonchev–Trinajstić information content (AvgIpc) is 3.06. The molecule has 1 aliphatic carbocycles. The van der Waals surface area contributed by atoms with E-state index in [4.69, 9.17) is 27.9 Å². The van der Waals surface area contributed by atoms with Crippen LogP contribution in [-0.4, -0.2) is 18.8 Å². The molecule has 1 fully saturated rings. The van der Waals surface area contributed by atoms with Crippen molar-refractivity contribution < 1.29 is 9.84 Å². The van der Waals surface area contributed by atoms with Crippen LogP contribution in [0.5, 0.6) is 0 Å². The fourth-order valence-corrected chi connectivity index (χ4v) is 2.50. The van der Waals surface area contributed by atoms with E-state index in [2.05, 4.69) is 0 Å². The van der Waals surface area contributed by atoms with Crippen molar-refractivity contribution in [2.24, 2.45) is 5.92 Å². The van der Waals surface area contributed by atoms with Crippen LogP contribution in [0, 0.1) is 5.92 Å². The van der Waals surface area contributed by atoms with Crippen molar-refractivity contribution in [2.75, 3.05) is 13.7 Å². The first-order valence-electron chi connectivity index (χ1n) is 5.25. The van der Waals surface area contributed by atoms with Gasteiger partial charge >= 0.3 is 0 Å². The third kappa shape index (κ3) is 2.07. The van der Waals surface area contributed by atoms with Gasteiger partial charge in [-0.15, -0.1) is 0 Å². The number of ether oxygens (including phenoxy) is 1. The van der Waals surface area contributed by atoms with Crippen molar-refractivity contribution in [1.29, 1.82) is 0 Å². The van der Waals surface area contributed by atoms with E-state index in [-0.39, 0.29) is 12.5 Å². The van der Waals surface area contributed by atoms with Gasteiger partial charge in [0.25, 0.3) is 0 Å². The third-order valence-electron chi connectivity index (χ3n) is 3.04. The Morgan fingerprint density at radius 3 is 2.69 bits per heavy atom. The smallest absolute Gasteiger partial charge is 0.117 e. The first-order chi connectivity index (χ1) is 7.59. The predicted molar refractivity (Wildman–Crippen MR) is 65.0 cm³/mol. The molecule has 1 unspecified atom stereocenters. The van der Waals surface area contributed by atoms with Crippen molar-refractivity contribution >= 4 is 23.2 Å². The zero-order valence-corrected chi connectivity index (χ0v) is 10.6. The summed E-state index contributed by atoms with van der Waals surface area (Å²) in [6, 6.07) is 5.33. The Bertz CT molecular complexity index is 391. The van der Waals surface area contributed by atoms with Crippen LogP contribution in [0.1, 0.15) is 18.4 Å². The van der Waals surface area contributed by atoms with Crippen molar-refractivity contribution in [3.05, 3.63) is 33.8 Å². The van der Waals surface area contributed by atoms with Crippen molar-refractivity contribution in [3.63, 3.8) is 0 Å². The number of halogens is 2. The molecule has 1 aliphatic rings. The lowest BCUT2D eigenvalue weighted by atomic mass is 9.89. The zero-order valence-electron chi connectivity index (χ0n) is 9.04. The highest BCUT2D eigenvalue weighted by atomic mass is 35.5. The van der Waals surface area contributed by atoms with E-state index in [1.54, 1.807) is 19.2 Å². The van der Waals surface area contributed by atoms with Gasteiger partial charge in [-0.2, -0.15) is 0 Å². The van der Waals surface area contributed by atoms with E-state index in [0.29, 0.717) is 15.6 Å². The molecule has 0 aliphatic heterocycles. The second-order valence-electron chi connectivity index (χ2n) is 4.23. The van der Waals surface area contributed by atoms with Crippen molar-refractivity contribution in [2.45, 2.75) is 18.4 Å². The van der Waals surface area contributed by atoms with Gasteiger partial charge in [-0.3, -0.25) is 0 Å². The molecular formula is C12H14Cl2O2. The molecule has 0 radical (unpaired) electrons. The molecule has 1 aromatic carbocycles. The summed E-state index contributed by atoms with van der Waals surface area (Å²) in [4.78, 5) is 0. The number of hydrogen-bond donors (Lipinski definition) is 1. The lowest BCUT2D eigenvalue weighted by molar-refractivity contribution is -0.0531. The minimum atomic E-state index is -1.00.